The summed E-state index contributed by atoms with van der Waals surface area (Å²) in [6.45, 7) is 4.72. The van der Waals surface area contributed by atoms with E-state index in [1.54, 1.807) is 18.2 Å². The van der Waals surface area contributed by atoms with Crippen LogP contribution in [0.25, 0.3) is 6.08 Å². The maximum absolute atomic E-state index is 11.8. The quantitative estimate of drug-likeness (QED) is 0.368. The Morgan fingerprint density at radius 1 is 1.10 bits per heavy atom. The van der Waals surface area contributed by atoms with Crippen LogP contribution in [0.2, 0.25) is 5.02 Å². The number of hydrogen-bond donors (Lipinski definition) is 1. The second-order valence-electron chi connectivity index (χ2n) is 6.41. The van der Waals surface area contributed by atoms with E-state index < -0.39 is 0 Å². The second-order valence-corrected chi connectivity index (χ2v) is 8.53. The molecule has 0 radical (unpaired) electrons. The Bertz CT molecular complexity index is 971. The van der Waals surface area contributed by atoms with Gasteiger partial charge in [-0.2, -0.15) is 0 Å². The zero-order valence-electron chi connectivity index (χ0n) is 16.2. The first kappa shape index (κ1) is 21.5. The van der Waals surface area contributed by atoms with Crippen LogP contribution in [0.1, 0.15) is 16.7 Å². The minimum atomic E-state index is -0.223. The molecule has 0 aliphatic carbocycles. The van der Waals surface area contributed by atoms with Crippen molar-refractivity contribution in [2.24, 2.45) is 0 Å². The van der Waals surface area contributed by atoms with E-state index in [-0.39, 0.29) is 5.91 Å². The summed E-state index contributed by atoms with van der Waals surface area (Å²) in [5.74, 6) is 1.48. The number of rotatable bonds is 7. The van der Waals surface area contributed by atoms with Gasteiger partial charge in [0.1, 0.15) is 23.3 Å². The Hall–Kier alpha value is -2.22. The Labute approximate surface area is 184 Å². The predicted molar refractivity (Wildman–Crippen MR) is 121 cm³/mol. The molecule has 1 aliphatic rings. The highest BCUT2D eigenvalue weighted by atomic mass is 35.5. The molecule has 3 rings (SSSR count). The molecule has 1 aliphatic heterocycles. The fourth-order valence-electron chi connectivity index (χ4n) is 2.86. The lowest BCUT2D eigenvalue weighted by molar-refractivity contribution is -0.115. The summed E-state index contributed by atoms with van der Waals surface area (Å²) in [5.41, 5.74) is 3.00. The van der Waals surface area contributed by atoms with Crippen molar-refractivity contribution in [1.29, 1.82) is 0 Å². The maximum atomic E-state index is 11.8. The van der Waals surface area contributed by atoms with E-state index in [2.05, 4.69) is 11.4 Å². The van der Waals surface area contributed by atoms with Gasteiger partial charge in [-0.3, -0.25) is 4.79 Å². The smallest absolute Gasteiger partial charge is 0.263 e. The molecular weight excluding hydrogens is 430 g/mol. The van der Waals surface area contributed by atoms with Crippen molar-refractivity contribution < 1.29 is 19.0 Å². The number of carbonyl (C=O) groups is 1. The van der Waals surface area contributed by atoms with Crippen molar-refractivity contribution in [3.63, 3.8) is 0 Å². The SMILES string of the molecule is COc1cc(C=C2SC(=S)NC2=O)cc(Cl)c1OCCOc1cc(C)cc(C)c1. The molecule has 5 nitrogen and oxygen atoms in total. The molecule has 1 saturated heterocycles. The number of methoxy groups -OCH3 is 1. The van der Waals surface area contributed by atoms with Gasteiger partial charge in [-0.25, -0.2) is 0 Å². The van der Waals surface area contributed by atoms with Gasteiger partial charge in [-0.05, 0) is 60.9 Å². The average Bonchev–Trinajstić information content (AvgIpc) is 2.95. The molecule has 29 heavy (non-hydrogen) atoms. The molecule has 8 heteroatoms. The molecule has 152 valence electrons. The zero-order chi connectivity index (χ0) is 21.0. The summed E-state index contributed by atoms with van der Waals surface area (Å²) in [6.07, 6.45) is 1.71. The number of thioether (sulfide) groups is 1. The lowest BCUT2D eigenvalue weighted by atomic mass is 10.1. The van der Waals surface area contributed by atoms with Crippen molar-refractivity contribution in [1.82, 2.24) is 5.32 Å². The number of hydrogen-bond acceptors (Lipinski definition) is 6. The molecule has 2 aromatic rings. The number of aryl methyl sites for hydroxylation is 2. The van der Waals surface area contributed by atoms with Crippen LogP contribution in [0.5, 0.6) is 17.2 Å². The van der Waals surface area contributed by atoms with Crippen molar-refractivity contribution in [2.75, 3.05) is 20.3 Å². The molecule has 0 atom stereocenters. The minimum Gasteiger partial charge on any atom is -0.493 e. The van der Waals surface area contributed by atoms with Crippen LogP contribution in [0.3, 0.4) is 0 Å². The zero-order valence-corrected chi connectivity index (χ0v) is 18.6. The van der Waals surface area contributed by atoms with Crippen LogP contribution >= 0.6 is 35.6 Å². The third kappa shape index (κ3) is 5.65. The van der Waals surface area contributed by atoms with Crippen LogP contribution in [-0.2, 0) is 4.79 Å². The summed E-state index contributed by atoms with van der Waals surface area (Å²) in [5, 5.41) is 2.96. The molecule has 0 bridgehead atoms. The predicted octanol–water partition coefficient (Wildman–Crippen LogP) is 4.91. The van der Waals surface area contributed by atoms with E-state index in [9.17, 15) is 4.79 Å². The highest BCUT2D eigenvalue weighted by molar-refractivity contribution is 8.26. The minimum absolute atomic E-state index is 0.223. The maximum Gasteiger partial charge on any atom is 0.263 e. The van der Waals surface area contributed by atoms with E-state index in [0.717, 1.165) is 16.9 Å². The summed E-state index contributed by atoms with van der Waals surface area (Å²) < 4.78 is 17.4. The van der Waals surface area contributed by atoms with Crippen molar-refractivity contribution in [2.45, 2.75) is 13.8 Å². The molecule has 1 N–H and O–H groups in total. The first-order valence-corrected chi connectivity index (χ1v) is 10.4. The van der Waals surface area contributed by atoms with E-state index >= 15 is 0 Å². The van der Waals surface area contributed by atoms with E-state index in [4.69, 9.17) is 38.0 Å². The lowest BCUT2D eigenvalue weighted by Crippen LogP contribution is -2.17. The summed E-state index contributed by atoms with van der Waals surface area (Å²) >= 11 is 12.6. The Kier molecular flexibility index (Phi) is 7.05. The third-order valence-electron chi connectivity index (χ3n) is 3.99. The van der Waals surface area contributed by atoms with Crippen LogP contribution in [-0.4, -0.2) is 30.6 Å². The van der Waals surface area contributed by atoms with Gasteiger partial charge in [-0.15, -0.1) is 0 Å². The Balaban J connectivity index is 1.67. The summed E-state index contributed by atoms with van der Waals surface area (Å²) in [6, 6.07) is 9.52. The topological polar surface area (TPSA) is 56.8 Å². The van der Waals surface area contributed by atoms with Gasteiger partial charge in [0.05, 0.1) is 17.0 Å². The number of thiocarbonyl (C=S) groups is 1. The normalized spacial score (nSPS) is 14.8. The monoisotopic (exact) mass is 449 g/mol. The van der Waals surface area contributed by atoms with Gasteiger partial charge in [0.2, 0.25) is 0 Å². The van der Waals surface area contributed by atoms with Crippen molar-refractivity contribution in [3.05, 3.63) is 56.9 Å². The summed E-state index contributed by atoms with van der Waals surface area (Å²) in [7, 11) is 1.54. The number of amides is 1. The number of ether oxygens (including phenoxy) is 3. The third-order valence-corrected chi connectivity index (χ3v) is 5.43. The van der Waals surface area contributed by atoms with Gasteiger partial charge >= 0.3 is 0 Å². The van der Waals surface area contributed by atoms with Crippen LogP contribution in [0.4, 0.5) is 0 Å². The molecule has 1 amide bonds. The van der Waals surface area contributed by atoms with Crippen LogP contribution in [0, 0.1) is 13.8 Å². The van der Waals surface area contributed by atoms with Crippen molar-refractivity contribution >= 4 is 51.9 Å². The largest absolute Gasteiger partial charge is 0.493 e. The second kappa shape index (κ2) is 9.52. The van der Waals surface area contributed by atoms with Crippen LogP contribution < -0.4 is 19.5 Å². The van der Waals surface area contributed by atoms with Gasteiger partial charge in [-0.1, -0.05) is 41.6 Å². The number of nitrogens with one attached hydrogen (secondary N) is 1. The highest BCUT2D eigenvalue weighted by Gasteiger charge is 2.22. The van der Waals surface area contributed by atoms with Gasteiger partial charge in [0, 0.05) is 0 Å². The standard InChI is InChI=1S/C21H20ClNO4S2/c1-12-6-13(2)8-15(7-12)26-4-5-27-19-16(22)9-14(10-17(19)25-3)11-18-20(24)23-21(28)29-18/h6-11H,4-5H2,1-3H3,(H,23,24,28). The fourth-order valence-corrected chi connectivity index (χ4v) is 4.17. The van der Waals surface area contributed by atoms with Crippen molar-refractivity contribution in [3.8, 4) is 17.2 Å². The number of benzene rings is 2. The molecule has 0 saturated carbocycles. The van der Waals surface area contributed by atoms with Crippen LogP contribution in [0.15, 0.2) is 35.2 Å². The lowest BCUT2D eigenvalue weighted by Gasteiger charge is -2.14. The van der Waals surface area contributed by atoms with E-state index in [1.807, 2.05) is 26.0 Å². The van der Waals surface area contributed by atoms with Gasteiger partial charge < -0.3 is 19.5 Å². The highest BCUT2D eigenvalue weighted by Crippen LogP contribution is 2.38. The fraction of sp³-hybridized carbons (Fsp3) is 0.238. The Morgan fingerprint density at radius 3 is 2.41 bits per heavy atom. The molecule has 0 spiro atoms. The first-order chi connectivity index (χ1) is 13.9. The number of carbonyl (C=O) groups excluding carboxylic acids is 1. The average molecular weight is 450 g/mol. The molecule has 1 fully saturated rings. The molecule has 1 heterocycles. The molecule has 2 aromatic carbocycles. The molecule has 0 aromatic heterocycles. The van der Waals surface area contributed by atoms with E-state index in [0.29, 0.717) is 44.5 Å². The van der Waals surface area contributed by atoms with Gasteiger partial charge in [0.15, 0.2) is 11.5 Å². The number of halogens is 1. The molecular formula is C21H20ClNO4S2. The van der Waals surface area contributed by atoms with E-state index in [1.165, 1.54) is 18.9 Å². The Morgan fingerprint density at radius 2 is 1.79 bits per heavy atom. The first-order valence-electron chi connectivity index (χ1n) is 8.82. The molecule has 0 unspecified atom stereocenters. The van der Waals surface area contributed by atoms with Gasteiger partial charge in [0.25, 0.3) is 5.91 Å². The summed E-state index contributed by atoms with van der Waals surface area (Å²) in [4.78, 5) is 12.3.